The van der Waals surface area contributed by atoms with Crippen LogP contribution in [0.15, 0.2) is 0 Å². The van der Waals surface area contributed by atoms with Gasteiger partial charge in [-0.3, -0.25) is 4.79 Å². The van der Waals surface area contributed by atoms with Crippen molar-refractivity contribution in [1.82, 2.24) is 10.2 Å². The van der Waals surface area contributed by atoms with Gasteiger partial charge in [-0.1, -0.05) is 27.7 Å². The number of carbonyl (C=O) groups is 1. The average Bonchev–Trinajstić information content (AvgIpc) is 2.36. The van der Waals surface area contributed by atoms with Gasteiger partial charge in [-0.25, -0.2) is 0 Å². The molecule has 0 aromatic rings. The number of hydrogen-bond acceptors (Lipinski definition) is 3. The van der Waals surface area contributed by atoms with E-state index in [2.05, 4.69) is 24.1 Å². The van der Waals surface area contributed by atoms with Crippen molar-refractivity contribution in [3.05, 3.63) is 0 Å². The van der Waals surface area contributed by atoms with Gasteiger partial charge < -0.3 is 15.3 Å². The molecule has 1 fully saturated rings. The molecule has 1 heterocycles. The number of nitrogens with zero attached hydrogens (tertiary/aromatic N) is 1. The summed E-state index contributed by atoms with van der Waals surface area (Å²) in [7, 11) is 0. The number of carboxylic acids is 1. The van der Waals surface area contributed by atoms with Crippen LogP contribution in [0.5, 0.6) is 0 Å². The summed E-state index contributed by atoms with van der Waals surface area (Å²) in [6.45, 7) is 12.6. The summed E-state index contributed by atoms with van der Waals surface area (Å²) in [6.07, 6.45) is 4.86. The van der Waals surface area contributed by atoms with Crippen molar-refractivity contribution in [3.63, 3.8) is 0 Å². The molecule has 0 aromatic carbocycles. The molecule has 1 aliphatic heterocycles. The highest BCUT2D eigenvalue weighted by Gasteiger charge is 2.35. The first-order valence-electron chi connectivity index (χ1n) is 8.06. The van der Waals surface area contributed by atoms with Crippen molar-refractivity contribution in [2.45, 2.75) is 65.3 Å². The Balaban J connectivity index is 2.46. The van der Waals surface area contributed by atoms with Crippen LogP contribution < -0.4 is 5.32 Å². The molecule has 0 saturated carbocycles. The minimum absolute atomic E-state index is 0.411. The quantitative estimate of drug-likeness (QED) is 0.719. The molecule has 0 spiro atoms. The third-order valence-corrected chi connectivity index (χ3v) is 4.59. The fourth-order valence-electron chi connectivity index (χ4n) is 3.40. The van der Waals surface area contributed by atoms with Gasteiger partial charge in [0, 0.05) is 6.54 Å². The number of likely N-dealkylation sites (tertiary alicyclic amines) is 1. The maximum atomic E-state index is 11.6. The SMILES string of the molecule is CCNC(CC)(CCCN1CCCC(C)(C)C1)C(=O)O. The van der Waals surface area contributed by atoms with Gasteiger partial charge in [-0.2, -0.15) is 0 Å². The van der Waals surface area contributed by atoms with Crippen molar-refractivity contribution in [1.29, 1.82) is 0 Å². The van der Waals surface area contributed by atoms with Crippen LogP contribution in [0.2, 0.25) is 0 Å². The maximum Gasteiger partial charge on any atom is 0.323 e. The van der Waals surface area contributed by atoms with Gasteiger partial charge in [-0.05, 0) is 57.2 Å². The molecular formula is C16H32N2O2. The zero-order chi connectivity index (χ0) is 15.2. The lowest BCUT2D eigenvalue weighted by Gasteiger charge is -2.38. The molecule has 1 unspecified atom stereocenters. The smallest absolute Gasteiger partial charge is 0.323 e. The van der Waals surface area contributed by atoms with Crippen LogP contribution in [0.3, 0.4) is 0 Å². The Labute approximate surface area is 123 Å². The monoisotopic (exact) mass is 284 g/mol. The average molecular weight is 284 g/mol. The largest absolute Gasteiger partial charge is 0.480 e. The van der Waals surface area contributed by atoms with E-state index in [9.17, 15) is 9.90 Å². The number of rotatable bonds is 8. The van der Waals surface area contributed by atoms with Crippen LogP contribution in [0.4, 0.5) is 0 Å². The topological polar surface area (TPSA) is 52.6 Å². The zero-order valence-corrected chi connectivity index (χ0v) is 13.7. The van der Waals surface area contributed by atoms with Gasteiger partial charge in [0.05, 0.1) is 0 Å². The molecule has 0 bridgehead atoms. The van der Waals surface area contributed by atoms with Crippen LogP contribution in [0.25, 0.3) is 0 Å². The molecule has 20 heavy (non-hydrogen) atoms. The fourth-order valence-corrected chi connectivity index (χ4v) is 3.40. The van der Waals surface area contributed by atoms with Crippen molar-refractivity contribution < 1.29 is 9.90 Å². The second kappa shape index (κ2) is 7.41. The highest BCUT2D eigenvalue weighted by atomic mass is 16.4. The molecule has 1 rings (SSSR count). The van der Waals surface area contributed by atoms with Crippen LogP contribution in [-0.2, 0) is 4.79 Å². The second-order valence-corrected chi connectivity index (χ2v) is 6.92. The van der Waals surface area contributed by atoms with Gasteiger partial charge in [0.25, 0.3) is 0 Å². The summed E-state index contributed by atoms with van der Waals surface area (Å²) >= 11 is 0. The van der Waals surface area contributed by atoms with E-state index in [1.807, 2.05) is 13.8 Å². The molecule has 1 aliphatic rings. The Kier molecular flexibility index (Phi) is 6.46. The Morgan fingerprint density at radius 3 is 2.60 bits per heavy atom. The first-order chi connectivity index (χ1) is 9.35. The van der Waals surface area contributed by atoms with Gasteiger partial charge >= 0.3 is 5.97 Å². The highest BCUT2D eigenvalue weighted by Crippen LogP contribution is 2.28. The standard InChI is InChI=1S/C16H32N2O2/c1-5-16(14(19)20,17-6-2)10-8-12-18-11-7-9-15(3,4)13-18/h17H,5-13H2,1-4H3,(H,19,20). The van der Waals surface area contributed by atoms with Gasteiger partial charge in [0.1, 0.15) is 5.54 Å². The molecule has 0 radical (unpaired) electrons. The molecule has 4 heteroatoms. The van der Waals surface area contributed by atoms with Crippen molar-refractivity contribution in [2.75, 3.05) is 26.2 Å². The predicted molar refractivity (Wildman–Crippen MR) is 83.0 cm³/mol. The summed E-state index contributed by atoms with van der Waals surface area (Å²) < 4.78 is 0. The lowest BCUT2D eigenvalue weighted by Crippen LogP contribution is -2.52. The molecule has 0 aliphatic carbocycles. The first kappa shape index (κ1) is 17.4. The molecular weight excluding hydrogens is 252 g/mol. The summed E-state index contributed by atoms with van der Waals surface area (Å²) in [5, 5.41) is 12.7. The molecule has 0 amide bonds. The van der Waals surface area contributed by atoms with Crippen LogP contribution in [0, 0.1) is 5.41 Å². The van der Waals surface area contributed by atoms with Crippen molar-refractivity contribution >= 4 is 5.97 Å². The van der Waals surface area contributed by atoms with Gasteiger partial charge in [0.2, 0.25) is 0 Å². The van der Waals surface area contributed by atoms with Gasteiger partial charge in [-0.15, -0.1) is 0 Å². The van der Waals surface area contributed by atoms with E-state index < -0.39 is 11.5 Å². The summed E-state index contributed by atoms with van der Waals surface area (Å²) in [4.78, 5) is 14.0. The number of piperidine rings is 1. The minimum Gasteiger partial charge on any atom is -0.480 e. The zero-order valence-electron chi connectivity index (χ0n) is 13.7. The van der Waals surface area contributed by atoms with Crippen LogP contribution in [0.1, 0.15) is 59.8 Å². The van der Waals surface area contributed by atoms with Crippen LogP contribution in [-0.4, -0.2) is 47.7 Å². The minimum atomic E-state index is -0.736. The molecule has 118 valence electrons. The van der Waals surface area contributed by atoms with E-state index in [1.165, 1.54) is 12.8 Å². The Hall–Kier alpha value is -0.610. The first-order valence-corrected chi connectivity index (χ1v) is 8.06. The fraction of sp³-hybridized carbons (Fsp3) is 0.938. The summed E-state index contributed by atoms with van der Waals surface area (Å²) in [5.74, 6) is -0.708. The van der Waals surface area contributed by atoms with E-state index in [0.717, 1.165) is 26.1 Å². The van der Waals surface area contributed by atoms with E-state index >= 15 is 0 Å². The van der Waals surface area contributed by atoms with E-state index in [1.54, 1.807) is 0 Å². The number of aliphatic carboxylic acids is 1. The number of nitrogens with one attached hydrogen (secondary N) is 1. The number of likely N-dealkylation sites (N-methyl/N-ethyl adjacent to an activating group) is 1. The molecule has 1 atom stereocenters. The Bertz CT molecular complexity index is 318. The molecule has 0 aromatic heterocycles. The number of carboxylic acid groups (broad SMARTS) is 1. The van der Waals surface area contributed by atoms with E-state index in [-0.39, 0.29) is 0 Å². The normalized spacial score (nSPS) is 22.4. The lowest BCUT2D eigenvalue weighted by molar-refractivity contribution is -0.145. The van der Waals surface area contributed by atoms with E-state index in [4.69, 9.17) is 0 Å². The number of hydrogen-bond donors (Lipinski definition) is 2. The summed E-state index contributed by atoms with van der Waals surface area (Å²) in [5.41, 5.74) is -0.325. The molecule has 4 nitrogen and oxygen atoms in total. The Morgan fingerprint density at radius 2 is 2.10 bits per heavy atom. The third kappa shape index (κ3) is 4.74. The van der Waals surface area contributed by atoms with E-state index in [0.29, 0.717) is 24.8 Å². The lowest BCUT2D eigenvalue weighted by atomic mass is 9.84. The maximum absolute atomic E-state index is 11.6. The highest BCUT2D eigenvalue weighted by molar-refractivity contribution is 5.78. The van der Waals surface area contributed by atoms with Crippen LogP contribution >= 0.6 is 0 Å². The van der Waals surface area contributed by atoms with Gasteiger partial charge in [0.15, 0.2) is 0 Å². The van der Waals surface area contributed by atoms with Crippen molar-refractivity contribution in [2.24, 2.45) is 5.41 Å². The molecule has 2 N–H and O–H groups in total. The Morgan fingerprint density at radius 1 is 1.40 bits per heavy atom. The second-order valence-electron chi connectivity index (χ2n) is 6.92. The summed E-state index contributed by atoms with van der Waals surface area (Å²) in [6, 6.07) is 0. The third-order valence-electron chi connectivity index (χ3n) is 4.59. The molecule has 1 saturated heterocycles. The predicted octanol–water partition coefficient (Wildman–Crippen LogP) is 2.73. The van der Waals surface area contributed by atoms with Crippen molar-refractivity contribution in [3.8, 4) is 0 Å².